The molecule has 1 unspecified atom stereocenters. The van der Waals surface area contributed by atoms with Gasteiger partial charge >= 0.3 is 0 Å². The fraction of sp³-hybridized carbons (Fsp3) is 0.100. The van der Waals surface area contributed by atoms with Crippen LogP contribution in [0.1, 0.15) is 34.6 Å². The molecule has 0 bridgehead atoms. The summed E-state index contributed by atoms with van der Waals surface area (Å²) in [5, 5.41) is 12.2. The van der Waals surface area contributed by atoms with Crippen LogP contribution < -0.4 is 5.32 Å². The molecule has 2 aromatic carbocycles. The van der Waals surface area contributed by atoms with Crippen molar-refractivity contribution in [3.8, 4) is 11.8 Å². The largest absolute Gasteiger partial charge is 0.344 e. The van der Waals surface area contributed by atoms with E-state index in [2.05, 4.69) is 5.32 Å². The van der Waals surface area contributed by atoms with Gasteiger partial charge in [0, 0.05) is 11.9 Å². The van der Waals surface area contributed by atoms with Crippen LogP contribution in [0.2, 0.25) is 0 Å². The Morgan fingerprint density at radius 1 is 1.16 bits per heavy atom. The molecule has 0 fully saturated rings. The minimum atomic E-state index is -0.409. The summed E-state index contributed by atoms with van der Waals surface area (Å²) >= 11 is 0. The zero-order valence-electron chi connectivity index (χ0n) is 13.6. The second-order valence-corrected chi connectivity index (χ2v) is 5.65. The fourth-order valence-electron chi connectivity index (χ4n) is 2.69. The van der Waals surface area contributed by atoms with Crippen molar-refractivity contribution >= 4 is 5.91 Å². The van der Waals surface area contributed by atoms with Gasteiger partial charge in [-0.1, -0.05) is 36.4 Å². The Bertz CT molecular complexity index is 941. The number of carbonyl (C=O) groups excluding carboxylic acids is 1. The van der Waals surface area contributed by atoms with Crippen LogP contribution in [0.25, 0.3) is 5.69 Å². The Morgan fingerprint density at radius 3 is 2.60 bits per heavy atom. The highest BCUT2D eigenvalue weighted by atomic mass is 19.1. The molecule has 4 nitrogen and oxygen atoms in total. The van der Waals surface area contributed by atoms with Crippen LogP contribution in [-0.2, 0) is 0 Å². The molecule has 5 heteroatoms. The van der Waals surface area contributed by atoms with Gasteiger partial charge in [-0.25, -0.2) is 4.39 Å². The van der Waals surface area contributed by atoms with Gasteiger partial charge in [-0.3, -0.25) is 4.79 Å². The molecular formula is C20H16FN3O. The molecule has 0 saturated heterocycles. The average molecular weight is 333 g/mol. The van der Waals surface area contributed by atoms with E-state index in [1.807, 2.05) is 43.3 Å². The Hall–Kier alpha value is -3.39. The molecule has 0 saturated carbocycles. The Balaban J connectivity index is 1.95. The van der Waals surface area contributed by atoms with E-state index in [0.29, 0.717) is 5.69 Å². The van der Waals surface area contributed by atoms with E-state index in [1.54, 1.807) is 24.4 Å². The van der Waals surface area contributed by atoms with Crippen molar-refractivity contribution in [2.24, 2.45) is 0 Å². The van der Waals surface area contributed by atoms with E-state index < -0.39 is 5.82 Å². The topological polar surface area (TPSA) is 57.8 Å². The molecule has 0 aliphatic heterocycles. The van der Waals surface area contributed by atoms with E-state index in [9.17, 15) is 14.4 Å². The van der Waals surface area contributed by atoms with Crippen molar-refractivity contribution in [2.45, 2.75) is 13.0 Å². The van der Waals surface area contributed by atoms with Crippen LogP contribution in [-0.4, -0.2) is 10.5 Å². The molecule has 1 N–H and O–H groups in total. The first kappa shape index (κ1) is 16.5. The highest BCUT2D eigenvalue weighted by molar-refractivity contribution is 5.96. The van der Waals surface area contributed by atoms with E-state index >= 15 is 0 Å². The summed E-state index contributed by atoms with van der Waals surface area (Å²) in [7, 11) is 0. The maximum absolute atomic E-state index is 13.5. The lowest BCUT2D eigenvalue weighted by Crippen LogP contribution is -2.29. The van der Waals surface area contributed by atoms with Crippen molar-refractivity contribution in [3.05, 3.63) is 89.5 Å². The smallest absolute Gasteiger partial charge is 0.270 e. The highest BCUT2D eigenvalue weighted by Crippen LogP contribution is 2.19. The zero-order valence-corrected chi connectivity index (χ0v) is 13.6. The summed E-state index contributed by atoms with van der Waals surface area (Å²) < 4.78 is 15.0. The molecule has 0 radical (unpaired) electrons. The number of aromatic nitrogens is 1. The second kappa shape index (κ2) is 7.02. The molecule has 1 aromatic heterocycles. The van der Waals surface area contributed by atoms with Gasteiger partial charge < -0.3 is 9.88 Å². The predicted molar refractivity (Wildman–Crippen MR) is 92.8 cm³/mol. The quantitative estimate of drug-likeness (QED) is 0.785. The first-order chi connectivity index (χ1) is 12.1. The van der Waals surface area contributed by atoms with Crippen LogP contribution in [0, 0.1) is 17.1 Å². The number of rotatable bonds is 4. The molecular weight excluding hydrogens is 317 g/mol. The molecule has 1 atom stereocenters. The minimum Gasteiger partial charge on any atom is -0.344 e. The first-order valence-corrected chi connectivity index (χ1v) is 7.83. The monoisotopic (exact) mass is 333 g/mol. The van der Waals surface area contributed by atoms with Gasteiger partial charge in [-0.05, 0) is 36.8 Å². The SMILES string of the molecule is CC(NC(=O)c1c(C#N)ccn1-c1cccc(F)c1)c1ccccc1. The van der Waals surface area contributed by atoms with E-state index in [0.717, 1.165) is 5.56 Å². The molecule has 0 aliphatic rings. The maximum Gasteiger partial charge on any atom is 0.270 e. The van der Waals surface area contributed by atoms with Crippen LogP contribution in [0.15, 0.2) is 66.9 Å². The number of amides is 1. The van der Waals surface area contributed by atoms with Crippen molar-refractivity contribution in [1.29, 1.82) is 5.26 Å². The number of carbonyl (C=O) groups is 1. The lowest BCUT2D eigenvalue weighted by molar-refractivity contribution is 0.0932. The summed E-state index contributed by atoms with van der Waals surface area (Å²) in [4.78, 5) is 12.8. The molecule has 0 spiro atoms. The highest BCUT2D eigenvalue weighted by Gasteiger charge is 2.20. The Kier molecular flexibility index (Phi) is 4.62. The van der Waals surface area contributed by atoms with Crippen LogP contribution >= 0.6 is 0 Å². The van der Waals surface area contributed by atoms with E-state index in [4.69, 9.17) is 0 Å². The Labute approximate surface area is 145 Å². The molecule has 1 heterocycles. The van der Waals surface area contributed by atoms with Crippen LogP contribution in [0.5, 0.6) is 0 Å². The van der Waals surface area contributed by atoms with Gasteiger partial charge in [0.2, 0.25) is 0 Å². The summed E-state index contributed by atoms with van der Waals surface area (Å²) in [6.07, 6.45) is 1.59. The molecule has 124 valence electrons. The third kappa shape index (κ3) is 3.43. The molecule has 3 aromatic rings. The number of benzene rings is 2. The fourth-order valence-corrected chi connectivity index (χ4v) is 2.69. The summed E-state index contributed by atoms with van der Waals surface area (Å²) in [5.41, 5.74) is 1.87. The van der Waals surface area contributed by atoms with E-state index in [-0.39, 0.29) is 23.2 Å². The van der Waals surface area contributed by atoms with Crippen LogP contribution in [0.3, 0.4) is 0 Å². The predicted octanol–water partition coefficient (Wildman–Crippen LogP) is 3.98. The van der Waals surface area contributed by atoms with Gasteiger partial charge in [-0.15, -0.1) is 0 Å². The second-order valence-electron chi connectivity index (χ2n) is 5.65. The molecule has 3 rings (SSSR count). The normalized spacial score (nSPS) is 11.6. The van der Waals surface area contributed by atoms with Crippen molar-refractivity contribution in [3.63, 3.8) is 0 Å². The third-order valence-corrected chi connectivity index (χ3v) is 3.96. The summed E-state index contributed by atoms with van der Waals surface area (Å²) in [6, 6.07) is 18.8. The van der Waals surface area contributed by atoms with Crippen molar-refractivity contribution < 1.29 is 9.18 Å². The first-order valence-electron chi connectivity index (χ1n) is 7.83. The van der Waals surface area contributed by atoms with Gasteiger partial charge in [0.15, 0.2) is 0 Å². The van der Waals surface area contributed by atoms with Crippen molar-refractivity contribution in [2.75, 3.05) is 0 Å². The number of hydrogen-bond donors (Lipinski definition) is 1. The summed E-state index contributed by atoms with van der Waals surface area (Å²) in [6.45, 7) is 1.87. The molecule has 25 heavy (non-hydrogen) atoms. The minimum absolute atomic E-state index is 0.191. The number of hydrogen-bond acceptors (Lipinski definition) is 2. The lowest BCUT2D eigenvalue weighted by atomic mass is 10.1. The van der Waals surface area contributed by atoms with Gasteiger partial charge in [0.25, 0.3) is 5.91 Å². The zero-order chi connectivity index (χ0) is 17.8. The summed E-state index contributed by atoms with van der Waals surface area (Å²) in [5.74, 6) is -0.795. The number of nitrogens with zero attached hydrogens (tertiary/aromatic N) is 2. The number of halogens is 1. The standard InChI is InChI=1S/C20H16FN3O/c1-14(15-6-3-2-4-7-15)23-20(25)19-16(13-22)10-11-24(19)18-9-5-8-17(21)12-18/h2-12,14H,1H3,(H,23,25). The van der Waals surface area contributed by atoms with Gasteiger partial charge in [-0.2, -0.15) is 5.26 Å². The Morgan fingerprint density at radius 2 is 1.92 bits per heavy atom. The molecule has 0 aliphatic carbocycles. The van der Waals surface area contributed by atoms with Crippen LogP contribution in [0.4, 0.5) is 4.39 Å². The number of nitrogens with one attached hydrogen (secondary N) is 1. The van der Waals surface area contributed by atoms with Gasteiger partial charge in [0.05, 0.1) is 11.6 Å². The third-order valence-electron chi connectivity index (χ3n) is 3.96. The van der Waals surface area contributed by atoms with Crippen molar-refractivity contribution in [1.82, 2.24) is 9.88 Å². The number of nitriles is 1. The maximum atomic E-state index is 13.5. The van der Waals surface area contributed by atoms with E-state index in [1.165, 1.54) is 16.7 Å². The lowest BCUT2D eigenvalue weighted by Gasteiger charge is -2.16. The van der Waals surface area contributed by atoms with Gasteiger partial charge in [0.1, 0.15) is 17.6 Å². The molecule has 1 amide bonds. The average Bonchev–Trinajstić information content (AvgIpc) is 3.06.